The summed E-state index contributed by atoms with van der Waals surface area (Å²) in [6, 6.07) is 23.5. The van der Waals surface area contributed by atoms with E-state index in [-0.39, 0.29) is 29.6 Å². The van der Waals surface area contributed by atoms with Crippen LogP contribution >= 0.6 is 55.1 Å². The Balaban J connectivity index is 0.000000168. The summed E-state index contributed by atoms with van der Waals surface area (Å²) in [5, 5.41) is 35.3. The second-order valence-corrected chi connectivity index (χ2v) is 20.9. The van der Waals surface area contributed by atoms with Gasteiger partial charge in [0.05, 0.1) is 28.9 Å². The fraction of sp³-hybridized carbons (Fsp3) is 0.346. The summed E-state index contributed by atoms with van der Waals surface area (Å²) in [4.78, 5) is 34.5. The molecule has 67 heavy (non-hydrogen) atoms. The molecule has 4 aromatic heterocycles. The Labute approximate surface area is 417 Å². The number of likely N-dealkylation sites (tertiary alicyclic amines) is 2. The molecule has 2 atom stereocenters. The first kappa shape index (κ1) is 47.0. The van der Waals surface area contributed by atoms with Gasteiger partial charge in [0.25, 0.3) is 0 Å². The van der Waals surface area contributed by atoms with E-state index in [1.807, 2.05) is 34.2 Å². The highest BCUT2D eigenvalue weighted by Crippen LogP contribution is 2.45. The van der Waals surface area contributed by atoms with Gasteiger partial charge in [-0.05, 0) is 170 Å². The van der Waals surface area contributed by atoms with Gasteiger partial charge in [0.2, 0.25) is 29.9 Å². The molecule has 2 fully saturated rings. The Kier molecular flexibility index (Phi) is 14.5. The molecule has 0 bridgehead atoms. The number of benzene rings is 2. The Bertz CT molecular complexity index is 2730. The fourth-order valence-corrected chi connectivity index (χ4v) is 12.0. The molecule has 2 aliphatic heterocycles. The molecule has 11 nitrogen and oxygen atoms in total. The van der Waals surface area contributed by atoms with Crippen LogP contribution in [0.3, 0.4) is 0 Å². The molecule has 10 rings (SSSR count). The number of rotatable bonds is 6. The second kappa shape index (κ2) is 20.6. The molecular formula is C52H51Br2Cl2N6O5+. The SMILES string of the molecule is O=C(Cc1cc[n+](O)cc1)N1CCC(C2c3ccc(Cl)cc3CCc3cc(Br)c[n+]([O-])c32)CC1.O=C(Cc1cc[n+]([O-])cc1)N1CCC(C2c3ccc(Cl)cc3CCc3cc(Br)cnc32)CC1. The lowest BCUT2D eigenvalue weighted by Crippen LogP contribution is -2.43. The van der Waals surface area contributed by atoms with Gasteiger partial charge >= 0.3 is 0 Å². The van der Waals surface area contributed by atoms with Crippen molar-refractivity contribution in [2.24, 2.45) is 11.8 Å². The molecule has 6 heterocycles. The summed E-state index contributed by atoms with van der Waals surface area (Å²) in [5.41, 5.74) is 11.1. The van der Waals surface area contributed by atoms with Crippen molar-refractivity contribution in [2.45, 2.75) is 76.0 Å². The molecule has 346 valence electrons. The van der Waals surface area contributed by atoms with E-state index >= 15 is 0 Å². The summed E-state index contributed by atoms with van der Waals surface area (Å²) in [5.74, 6) is 1.06. The molecule has 2 saturated heterocycles. The predicted molar refractivity (Wildman–Crippen MR) is 262 cm³/mol. The number of hydrogen-bond donors (Lipinski definition) is 1. The maximum Gasteiger partial charge on any atom is 0.226 e. The Morgan fingerprint density at radius 2 is 1.12 bits per heavy atom. The maximum atomic E-state index is 13.1. The van der Waals surface area contributed by atoms with E-state index in [2.05, 4.69) is 62.2 Å². The second-order valence-electron chi connectivity index (χ2n) is 18.2. The summed E-state index contributed by atoms with van der Waals surface area (Å²) < 4.78 is 4.54. The number of amides is 2. The van der Waals surface area contributed by atoms with E-state index in [0.29, 0.717) is 36.9 Å². The number of piperidine rings is 2. The lowest BCUT2D eigenvalue weighted by atomic mass is 9.76. The number of hydrogen-bond acceptors (Lipinski definition) is 6. The zero-order valence-corrected chi connectivity index (χ0v) is 41.6. The first-order chi connectivity index (χ1) is 32.4. The molecule has 2 aliphatic carbocycles. The minimum atomic E-state index is -0.0262. The van der Waals surface area contributed by atoms with Crippen LogP contribution in [0.2, 0.25) is 10.0 Å². The third-order valence-corrected chi connectivity index (χ3v) is 15.4. The largest absolute Gasteiger partial charge is 0.619 e. The molecule has 4 aliphatic rings. The monoisotopic (exact) mass is 1070 g/mol. The highest BCUT2D eigenvalue weighted by Gasteiger charge is 2.39. The van der Waals surface area contributed by atoms with E-state index in [1.165, 1.54) is 58.3 Å². The number of carbonyl (C=O) groups is 2. The molecule has 2 amide bonds. The number of nitrogens with zero attached hydrogens (tertiary/aromatic N) is 6. The van der Waals surface area contributed by atoms with Crippen LogP contribution in [0.15, 0.2) is 119 Å². The van der Waals surface area contributed by atoms with Crippen molar-refractivity contribution >= 4 is 66.9 Å². The summed E-state index contributed by atoms with van der Waals surface area (Å²) in [6.45, 7) is 2.81. The van der Waals surface area contributed by atoms with Crippen molar-refractivity contribution in [2.75, 3.05) is 26.2 Å². The minimum absolute atomic E-state index is 0.0262. The Hall–Kier alpha value is -5.08. The topological polar surface area (TPSA) is 132 Å². The van der Waals surface area contributed by atoms with Gasteiger partial charge in [0.15, 0.2) is 18.6 Å². The van der Waals surface area contributed by atoms with E-state index in [4.69, 9.17) is 28.2 Å². The number of pyridine rings is 4. The van der Waals surface area contributed by atoms with Gasteiger partial charge in [-0.3, -0.25) is 19.8 Å². The van der Waals surface area contributed by atoms with Gasteiger partial charge in [-0.15, -0.1) is 0 Å². The zero-order chi connectivity index (χ0) is 46.8. The van der Waals surface area contributed by atoms with E-state index in [1.54, 1.807) is 30.5 Å². The Morgan fingerprint density at radius 3 is 1.69 bits per heavy atom. The normalized spacial score (nSPS) is 18.3. The van der Waals surface area contributed by atoms with Crippen LogP contribution < -0.4 is 14.2 Å². The van der Waals surface area contributed by atoms with Crippen molar-refractivity contribution < 1.29 is 29.0 Å². The average Bonchev–Trinajstić information content (AvgIpc) is 3.58. The summed E-state index contributed by atoms with van der Waals surface area (Å²) in [6.07, 6.45) is 17.1. The van der Waals surface area contributed by atoms with Crippen molar-refractivity contribution in [3.63, 3.8) is 0 Å². The van der Waals surface area contributed by atoms with Gasteiger partial charge in [0.1, 0.15) is 0 Å². The maximum absolute atomic E-state index is 13.1. The molecule has 0 spiro atoms. The highest BCUT2D eigenvalue weighted by molar-refractivity contribution is 9.10. The lowest BCUT2D eigenvalue weighted by Gasteiger charge is -2.37. The van der Waals surface area contributed by atoms with Crippen LogP contribution in [0.4, 0.5) is 0 Å². The number of aryl methyl sites for hydroxylation is 4. The summed E-state index contributed by atoms with van der Waals surface area (Å²) in [7, 11) is 0. The molecule has 0 saturated carbocycles. The van der Waals surface area contributed by atoms with E-state index in [0.717, 1.165) is 115 Å². The molecule has 2 aromatic carbocycles. The van der Waals surface area contributed by atoms with Gasteiger partial charge in [-0.25, -0.2) is 0 Å². The average molecular weight is 1070 g/mol. The lowest BCUT2D eigenvalue weighted by molar-refractivity contribution is -0.904. The molecule has 0 radical (unpaired) electrons. The Morgan fingerprint density at radius 1 is 0.642 bits per heavy atom. The molecule has 1 N–H and O–H groups in total. The van der Waals surface area contributed by atoms with Crippen LogP contribution in [0.5, 0.6) is 0 Å². The standard InChI is InChI=1S/C26H26BrClN3O3.C26H25BrClN3O2/c27-21-14-20-2-1-19-15-22(28)3-4-23(19)25(26(20)31(34)16-21)18-7-9-29(10-8-18)24(32)13-17-5-11-30(33)12-6-17;27-21-14-20-2-1-19-15-22(28)3-4-23(19)25(26(20)29-16-21)18-7-9-30(10-8-18)24(32)13-17-5-11-31(33)12-6-17/h3-6,11-12,14-16,18,25,33H,1-2,7-10,13H2;3-6,11-12,14-16,18,25H,1-2,7-10,13H2/q+1;. The van der Waals surface area contributed by atoms with Gasteiger partial charge < -0.3 is 20.2 Å². The highest BCUT2D eigenvalue weighted by atomic mass is 79.9. The molecule has 6 aromatic rings. The van der Waals surface area contributed by atoms with Gasteiger partial charge in [-0.2, -0.15) is 9.46 Å². The number of aromatic nitrogens is 4. The van der Waals surface area contributed by atoms with Crippen molar-refractivity contribution in [3.05, 3.63) is 195 Å². The van der Waals surface area contributed by atoms with Gasteiger partial charge in [-0.1, -0.05) is 35.3 Å². The number of fused-ring (bicyclic) bond motifs is 4. The van der Waals surface area contributed by atoms with Crippen LogP contribution in [-0.2, 0) is 48.1 Å². The first-order valence-corrected chi connectivity index (χ1v) is 25.3. The van der Waals surface area contributed by atoms with Gasteiger partial charge in [0, 0.05) is 87.4 Å². The quantitative estimate of drug-likeness (QED) is 0.101. The van der Waals surface area contributed by atoms with E-state index < -0.39 is 0 Å². The smallest absolute Gasteiger partial charge is 0.226 e. The fourth-order valence-electron chi connectivity index (χ4n) is 10.8. The first-order valence-electron chi connectivity index (χ1n) is 22.9. The van der Waals surface area contributed by atoms with E-state index in [9.17, 15) is 25.2 Å². The van der Waals surface area contributed by atoms with Crippen LogP contribution in [0.1, 0.15) is 93.4 Å². The molecule has 15 heteroatoms. The molecular weight excluding hydrogens is 1020 g/mol. The third-order valence-electron chi connectivity index (χ3n) is 14.1. The number of halogens is 4. The zero-order valence-electron chi connectivity index (χ0n) is 36.9. The third kappa shape index (κ3) is 10.8. The van der Waals surface area contributed by atoms with Crippen LogP contribution in [0, 0.1) is 22.3 Å². The molecule has 2 unspecified atom stereocenters. The van der Waals surface area contributed by atoms with Crippen LogP contribution in [-0.4, -0.2) is 58.0 Å². The number of carbonyl (C=O) groups excluding carboxylic acids is 2. The minimum Gasteiger partial charge on any atom is -0.619 e. The van der Waals surface area contributed by atoms with Crippen molar-refractivity contribution in [3.8, 4) is 0 Å². The van der Waals surface area contributed by atoms with Crippen molar-refractivity contribution in [1.82, 2.24) is 14.8 Å². The van der Waals surface area contributed by atoms with Crippen LogP contribution in [0.25, 0.3) is 0 Å². The predicted octanol–water partition coefficient (Wildman–Crippen LogP) is 8.82. The van der Waals surface area contributed by atoms with Crippen molar-refractivity contribution in [1.29, 1.82) is 0 Å². The summed E-state index contributed by atoms with van der Waals surface area (Å²) >= 11 is 19.7.